The Balaban J connectivity index is 4.67. The highest BCUT2D eigenvalue weighted by molar-refractivity contribution is 5.38. The van der Waals surface area contributed by atoms with Crippen molar-refractivity contribution in [1.82, 2.24) is 0 Å². The van der Waals surface area contributed by atoms with E-state index in [1.807, 2.05) is 0 Å². The van der Waals surface area contributed by atoms with Crippen molar-refractivity contribution in [2.45, 2.75) is 6.92 Å². The Kier molecular flexibility index (Phi) is 3.81. The first-order valence-electron chi connectivity index (χ1n) is 3.20. The lowest BCUT2D eigenvalue weighted by atomic mass is 10.2. The van der Waals surface area contributed by atoms with E-state index in [-0.39, 0.29) is 11.5 Å². The van der Waals surface area contributed by atoms with E-state index in [9.17, 15) is 5.11 Å². The first kappa shape index (κ1) is 9.56. The fourth-order valence-electron chi connectivity index (χ4n) is 0.664. The van der Waals surface area contributed by atoms with Crippen LogP contribution >= 0.6 is 0 Å². The summed E-state index contributed by atoms with van der Waals surface area (Å²) in [6, 6.07) is 0. The van der Waals surface area contributed by atoms with Gasteiger partial charge < -0.3 is 10.2 Å². The van der Waals surface area contributed by atoms with E-state index in [4.69, 9.17) is 5.11 Å². The van der Waals surface area contributed by atoms with E-state index in [1.165, 1.54) is 12.2 Å². The average Bonchev–Trinajstić information content (AvgIpc) is 1.88. The molecule has 0 fully saturated rings. The highest BCUT2D eigenvalue weighted by Gasteiger charge is 2.02. The monoisotopic (exact) mass is 152 g/mol. The van der Waals surface area contributed by atoms with Crippen LogP contribution < -0.4 is 0 Å². The van der Waals surface area contributed by atoms with Gasteiger partial charge in [-0.2, -0.15) is 0 Å². The predicted molar refractivity (Wildman–Crippen MR) is 46.4 cm³/mol. The van der Waals surface area contributed by atoms with Gasteiger partial charge in [0.25, 0.3) is 0 Å². The van der Waals surface area contributed by atoms with E-state index >= 15 is 0 Å². The number of allylic oxidation sites excluding steroid dienone is 3. The van der Waals surface area contributed by atoms with Crippen molar-refractivity contribution < 1.29 is 10.2 Å². The van der Waals surface area contributed by atoms with Crippen LogP contribution in [0.5, 0.6) is 0 Å². The van der Waals surface area contributed by atoms with Gasteiger partial charge in [-0.25, -0.2) is 0 Å². The minimum absolute atomic E-state index is 0.0324. The molecule has 0 unspecified atom stereocenters. The van der Waals surface area contributed by atoms with Gasteiger partial charge in [0.05, 0.1) is 5.57 Å². The van der Waals surface area contributed by atoms with Gasteiger partial charge in [0.1, 0.15) is 11.5 Å². The highest BCUT2D eigenvalue weighted by atomic mass is 16.3. The molecule has 0 amide bonds. The molecule has 2 N–H and O–H groups in total. The normalized spacial score (nSPS) is 12.8. The summed E-state index contributed by atoms with van der Waals surface area (Å²) in [6.45, 7) is 8.38. The third-order valence-corrected chi connectivity index (χ3v) is 1.15. The van der Waals surface area contributed by atoms with Crippen molar-refractivity contribution in [2.24, 2.45) is 0 Å². The van der Waals surface area contributed by atoms with Crippen LogP contribution in [0, 0.1) is 0 Å². The summed E-state index contributed by atoms with van der Waals surface area (Å²) in [5.74, 6) is -0.182. The zero-order chi connectivity index (χ0) is 8.85. The van der Waals surface area contributed by atoms with E-state index in [2.05, 4.69) is 13.2 Å². The molecule has 2 heteroatoms. The topological polar surface area (TPSA) is 40.5 Å². The molecule has 0 atom stereocenters. The smallest absolute Gasteiger partial charge is 0.126 e. The van der Waals surface area contributed by atoms with Crippen molar-refractivity contribution >= 4 is 0 Å². The Hall–Kier alpha value is -1.44. The van der Waals surface area contributed by atoms with Gasteiger partial charge in [-0.15, -0.1) is 0 Å². The second kappa shape index (κ2) is 4.39. The molecule has 0 aliphatic rings. The van der Waals surface area contributed by atoms with Crippen molar-refractivity contribution in [2.75, 3.05) is 0 Å². The van der Waals surface area contributed by atoms with Crippen LogP contribution in [0.2, 0.25) is 0 Å². The second-order valence-corrected chi connectivity index (χ2v) is 1.94. The van der Waals surface area contributed by atoms with Crippen LogP contribution in [0.3, 0.4) is 0 Å². The van der Waals surface area contributed by atoms with Gasteiger partial charge >= 0.3 is 0 Å². The summed E-state index contributed by atoms with van der Waals surface area (Å²) in [6.07, 6.45) is 4.39. The number of hydrogen-bond acceptors (Lipinski definition) is 2. The van der Waals surface area contributed by atoms with E-state index < -0.39 is 0 Å². The quantitative estimate of drug-likeness (QED) is 0.482. The largest absolute Gasteiger partial charge is 0.508 e. The van der Waals surface area contributed by atoms with E-state index in [0.717, 1.165) is 0 Å². The third kappa shape index (κ3) is 2.76. The Labute approximate surface area is 66.5 Å². The molecule has 0 aromatic carbocycles. The SMILES string of the molecule is C=C/C=C(O)\C(=C/C)C(=C)O. The molecule has 0 radical (unpaired) electrons. The standard InChI is InChI=1S/C9H12O2/c1-4-6-9(11)8(5-2)7(3)10/h4-6,10-11H,1,3H2,2H3/b8-5-,9-6+. The minimum atomic E-state index is -0.150. The molecular formula is C9H12O2. The maximum absolute atomic E-state index is 9.18. The molecule has 60 valence electrons. The van der Waals surface area contributed by atoms with Gasteiger partial charge in [-0.1, -0.05) is 25.3 Å². The minimum Gasteiger partial charge on any atom is -0.508 e. The zero-order valence-corrected chi connectivity index (χ0v) is 6.54. The van der Waals surface area contributed by atoms with Gasteiger partial charge in [0.2, 0.25) is 0 Å². The van der Waals surface area contributed by atoms with E-state index in [0.29, 0.717) is 5.57 Å². The van der Waals surface area contributed by atoms with Crippen LogP contribution in [0.25, 0.3) is 0 Å². The molecule has 2 nitrogen and oxygen atoms in total. The number of aliphatic hydroxyl groups excluding tert-OH is 2. The third-order valence-electron chi connectivity index (χ3n) is 1.15. The maximum Gasteiger partial charge on any atom is 0.126 e. The molecule has 0 aliphatic heterocycles. The lowest BCUT2D eigenvalue weighted by Crippen LogP contribution is -1.90. The summed E-state index contributed by atoms with van der Waals surface area (Å²) < 4.78 is 0. The molecule has 0 aromatic heterocycles. The van der Waals surface area contributed by atoms with Crippen LogP contribution in [0.4, 0.5) is 0 Å². The summed E-state index contributed by atoms with van der Waals surface area (Å²) in [4.78, 5) is 0. The number of aliphatic hydroxyl groups is 2. The molecule has 0 saturated heterocycles. The van der Waals surface area contributed by atoms with Crippen LogP contribution in [0.1, 0.15) is 6.92 Å². The number of hydrogen-bond donors (Lipinski definition) is 2. The summed E-state index contributed by atoms with van der Waals surface area (Å²) in [5, 5.41) is 18.1. The predicted octanol–water partition coefficient (Wildman–Crippen LogP) is 2.63. The molecule has 11 heavy (non-hydrogen) atoms. The van der Waals surface area contributed by atoms with Crippen molar-refractivity contribution in [3.05, 3.63) is 48.5 Å². The first-order valence-corrected chi connectivity index (χ1v) is 3.20. The van der Waals surface area contributed by atoms with Gasteiger partial charge in [-0.3, -0.25) is 0 Å². The van der Waals surface area contributed by atoms with Gasteiger partial charge in [0, 0.05) is 0 Å². The fourth-order valence-corrected chi connectivity index (χ4v) is 0.664. The Morgan fingerprint density at radius 2 is 1.91 bits per heavy atom. The van der Waals surface area contributed by atoms with Crippen LogP contribution in [-0.2, 0) is 0 Å². The summed E-state index contributed by atoms with van der Waals surface area (Å²) >= 11 is 0. The Morgan fingerprint density at radius 1 is 1.36 bits per heavy atom. The molecule has 0 aliphatic carbocycles. The van der Waals surface area contributed by atoms with Gasteiger partial charge in [0.15, 0.2) is 0 Å². The lowest BCUT2D eigenvalue weighted by Gasteiger charge is -2.01. The molecule has 0 bridgehead atoms. The molecule has 0 aromatic rings. The molecular weight excluding hydrogens is 140 g/mol. The molecule has 0 saturated carbocycles. The van der Waals surface area contributed by atoms with Gasteiger partial charge in [-0.05, 0) is 13.0 Å². The summed E-state index contributed by atoms with van der Waals surface area (Å²) in [5.41, 5.74) is 0.324. The van der Waals surface area contributed by atoms with Crippen molar-refractivity contribution in [3.8, 4) is 0 Å². The highest BCUT2D eigenvalue weighted by Crippen LogP contribution is 2.12. The fraction of sp³-hybridized carbons (Fsp3) is 0.111. The van der Waals surface area contributed by atoms with Crippen LogP contribution in [-0.4, -0.2) is 10.2 Å². The Bertz CT molecular complexity index is 222. The van der Waals surface area contributed by atoms with Crippen molar-refractivity contribution in [3.63, 3.8) is 0 Å². The molecule has 0 rings (SSSR count). The zero-order valence-electron chi connectivity index (χ0n) is 6.54. The second-order valence-electron chi connectivity index (χ2n) is 1.94. The summed E-state index contributed by atoms with van der Waals surface area (Å²) in [7, 11) is 0. The van der Waals surface area contributed by atoms with E-state index in [1.54, 1.807) is 13.0 Å². The first-order chi connectivity index (χ1) is 5.13. The number of rotatable bonds is 3. The molecule has 0 heterocycles. The average molecular weight is 152 g/mol. The Morgan fingerprint density at radius 3 is 2.18 bits per heavy atom. The molecule has 0 spiro atoms. The lowest BCUT2D eigenvalue weighted by molar-refractivity contribution is 0.386. The van der Waals surface area contributed by atoms with Crippen molar-refractivity contribution in [1.29, 1.82) is 0 Å². The maximum atomic E-state index is 9.18. The van der Waals surface area contributed by atoms with Crippen LogP contribution in [0.15, 0.2) is 48.5 Å².